The van der Waals surface area contributed by atoms with Crippen LogP contribution < -0.4 is 5.46 Å². The minimum atomic E-state index is 0.792. The minimum Gasteiger partial charge on any atom is -0.112 e. The summed E-state index contributed by atoms with van der Waals surface area (Å²) < 4.78 is 0. The molecule has 0 fully saturated rings. The molecule has 1 aliphatic rings. The van der Waals surface area contributed by atoms with E-state index in [0.717, 1.165) is 16.8 Å². The number of benzene rings is 1. The fourth-order valence-corrected chi connectivity index (χ4v) is 1.75. The molecule has 0 N–H and O–H groups in total. The van der Waals surface area contributed by atoms with Crippen molar-refractivity contribution in [2.75, 3.05) is 5.75 Å². The van der Waals surface area contributed by atoms with Crippen LogP contribution in [0.4, 0.5) is 0 Å². The second kappa shape index (κ2) is 2.67. The van der Waals surface area contributed by atoms with Gasteiger partial charge in [-0.15, -0.1) is 11.8 Å². The summed E-state index contributed by atoms with van der Waals surface area (Å²) in [5.41, 5.74) is 1.86. The van der Waals surface area contributed by atoms with Crippen LogP contribution in [0.5, 0.6) is 0 Å². The molecule has 1 heterocycles. The molecule has 0 atom stereocenters. The van der Waals surface area contributed by atoms with Crippen molar-refractivity contribution in [3.05, 3.63) is 23.8 Å². The van der Waals surface area contributed by atoms with Crippen LogP contribution in [0.3, 0.4) is 0 Å². The summed E-state index contributed by atoms with van der Waals surface area (Å²) in [4.78, 5) is 1.25. The van der Waals surface area contributed by atoms with E-state index in [1.54, 1.807) is 11.8 Å². The van der Waals surface area contributed by atoms with Gasteiger partial charge >= 0.3 is 0 Å². The average molecular weight is 156 g/mol. The Kier molecular flexibility index (Phi) is 1.67. The van der Waals surface area contributed by atoms with Crippen molar-refractivity contribution in [2.45, 2.75) is 4.90 Å². The molecular weight excluding hydrogens is 151 g/mol. The molecule has 0 aliphatic carbocycles. The summed E-state index contributed by atoms with van der Waals surface area (Å²) in [7, 11) is 5.60. The first kappa shape index (κ1) is 6.88. The quantitative estimate of drug-likeness (QED) is 0.397. The van der Waals surface area contributed by atoms with Gasteiger partial charge in [0, 0.05) is 10.5 Å². The Hall–Kier alpha value is -0.805. The molecule has 0 bridgehead atoms. The lowest BCUT2D eigenvalue weighted by atomic mass is 9.94. The van der Waals surface area contributed by atoms with Crippen LogP contribution in [0, 0.1) is 11.8 Å². The Bertz CT molecular complexity index is 346. The van der Waals surface area contributed by atoms with Crippen molar-refractivity contribution in [3.8, 4) is 11.8 Å². The van der Waals surface area contributed by atoms with Crippen molar-refractivity contribution < 1.29 is 0 Å². The summed E-state index contributed by atoms with van der Waals surface area (Å²) in [6.45, 7) is 0. The lowest BCUT2D eigenvalue weighted by Crippen LogP contribution is -2.03. The Labute approximate surface area is 71.8 Å². The van der Waals surface area contributed by atoms with Crippen molar-refractivity contribution in [1.29, 1.82) is 0 Å². The zero-order chi connectivity index (χ0) is 7.68. The molecule has 1 aromatic rings. The van der Waals surface area contributed by atoms with E-state index >= 15 is 0 Å². The van der Waals surface area contributed by atoms with Crippen molar-refractivity contribution >= 4 is 25.1 Å². The van der Waals surface area contributed by atoms with Crippen LogP contribution in [0.1, 0.15) is 5.56 Å². The van der Waals surface area contributed by atoms with E-state index in [4.69, 9.17) is 7.85 Å². The van der Waals surface area contributed by atoms with Gasteiger partial charge in [-0.1, -0.05) is 29.4 Å². The first-order valence-corrected chi connectivity index (χ1v) is 4.36. The van der Waals surface area contributed by atoms with Crippen LogP contribution >= 0.6 is 11.8 Å². The van der Waals surface area contributed by atoms with E-state index in [9.17, 15) is 0 Å². The van der Waals surface area contributed by atoms with Gasteiger partial charge in [0.2, 0.25) is 0 Å². The highest BCUT2D eigenvalue weighted by molar-refractivity contribution is 7.99. The number of rotatable bonds is 0. The Morgan fingerprint density at radius 2 is 2.36 bits per heavy atom. The molecule has 0 nitrogen and oxygen atoms in total. The molecule has 0 saturated carbocycles. The molecule has 1 aromatic carbocycles. The second-order valence-corrected chi connectivity index (χ2v) is 3.36. The number of hydrogen-bond acceptors (Lipinski definition) is 1. The SMILES string of the molecule is [B]c1ccc2c(c1)C#CCS2. The Morgan fingerprint density at radius 3 is 3.27 bits per heavy atom. The van der Waals surface area contributed by atoms with E-state index < -0.39 is 0 Å². The molecular formula is C9H5BS. The summed E-state index contributed by atoms with van der Waals surface area (Å²) in [6, 6.07) is 5.87. The van der Waals surface area contributed by atoms with Crippen molar-refractivity contribution in [3.63, 3.8) is 0 Å². The van der Waals surface area contributed by atoms with E-state index in [1.807, 2.05) is 18.2 Å². The summed E-state index contributed by atoms with van der Waals surface area (Å²) in [5, 5.41) is 0. The van der Waals surface area contributed by atoms with Crippen LogP contribution in [0.25, 0.3) is 0 Å². The smallest absolute Gasteiger partial charge is 0.112 e. The molecule has 0 unspecified atom stereocenters. The van der Waals surface area contributed by atoms with Gasteiger partial charge in [0.05, 0.1) is 5.75 Å². The molecule has 11 heavy (non-hydrogen) atoms. The molecule has 0 aromatic heterocycles. The third-order valence-electron chi connectivity index (χ3n) is 1.53. The summed E-state index contributed by atoms with van der Waals surface area (Å²) in [6.07, 6.45) is 0. The van der Waals surface area contributed by atoms with Gasteiger partial charge < -0.3 is 0 Å². The van der Waals surface area contributed by atoms with Crippen LogP contribution in [0.15, 0.2) is 23.1 Å². The maximum Gasteiger partial charge on any atom is 0.113 e. The largest absolute Gasteiger partial charge is 0.113 e. The number of hydrogen-bond donors (Lipinski definition) is 0. The molecule has 2 heteroatoms. The molecule has 2 radical (unpaired) electrons. The Morgan fingerprint density at radius 1 is 1.45 bits per heavy atom. The zero-order valence-electron chi connectivity index (χ0n) is 5.92. The van der Waals surface area contributed by atoms with E-state index in [2.05, 4.69) is 11.8 Å². The van der Waals surface area contributed by atoms with Crippen molar-refractivity contribution in [1.82, 2.24) is 0 Å². The van der Waals surface area contributed by atoms with E-state index in [0.29, 0.717) is 0 Å². The van der Waals surface area contributed by atoms with Gasteiger partial charge in [-0.3, -0.25) is 0 Å². The maximum atomic E-state index is 5.60. The summed E-state index contributed by atoms with van der Waals surface area (Å²) >= 11 is 1.77. The molecule has 0 saturated heterocycles. The predicted molar refractivity (Wildman–Crippen MR) is 49.4 cm³/mol. The van der Waals surface area contributed by atoms with Gasteiger partial charge in [-0.05, 0) is 6.07 Å². The highest BCUT2D eigenvalue weighted by atomic mass is 32.2. The normalized spacial score (nSPS) is 13.1. The van der Waals surface area contributed by atoms with Crippen LogP contribution in [0.2, 0.25) is 0 Å². The minimum absolute atomic E-state index is 0.792. The molecule has 1 aliphatic heterocycles. The first-order valence-electron chi connectivity index (χ1n) is 3.37. The predicted octanol–water partition coefficient (Wildman–Crippen LogP) is 0.938. The van der Waals surface area contributed by atoms with E-state index in [1.165, 1.54) is 4.90 Å². The van der Waals surface area contributed by atoms with Crippen LogP contribution in [-0.4, -0.2) is 13.6 Å². The lowest BCUT2D eigenvalue weighted by Gasteiger charge is -2.06. The topological polar surface area (TPSA) is 0 Å². The molecule has 0 amide bonds. The van der Waals surface area contributed by atoms with Gasteiger partial charge in [0.15, 0.2) is 0 Å². The third-order valence-corrected chi connectivity index (χ3v) is 2.48. The van der Waals surface area contributed by atoms with Gasteiger partial charge in [0.1, 0.15) is 7.85 Å². The lowest BCUT2D eigenvalue weighted by molar-refractivity contribution is 1.42. The van der Waals surface area contributed by atoms with E-state index in [-0.39, 0.29) is 0 Å². The average Bonchev–Trinajstić information content (AvgIpc) is 2.04. The highest BCUT2D eigenvalue weighted by Gasteiger charge is 2.02. The van der Waals surface area contributed by atoms with Crippen molar-refractivity contribution in [2.24, 2.45) is 0 Å². The second-order valence-electron chi connectivity index (χ2n) is 2.35. The van der Waals surface area contributed by atoms with Gasteiger partial charge in [-0.2, -0.15) is 0 Å². The fourth-order valence-electron chi connectivity index (χ4n) is 1.02. The standard InChI is InChI=1S/C9H5BS/c10-8-3-4-9-7(6-8)2-1-5-11-9/h3-4,6H,5H2. The highest BCUT2D eigenvalue weighted by Crippen LogP contribution is 2.22. The monoisotopic (exact) mass is 156 g/mol. The Balaban J connectivity index is 2.59. The van der Waals surface area contributed by atoms with Gasteiger partial charge in [0.25, 0.3) is 0 Å². The molecule has 2 rings (SSSR count). The third kappa shape index (κ3) is 1.29. The first-order chi connectivity index (χ1) is 5.36. The number of fused-ring (bicyclic) bond motifs is 1. The van der Waals surface area contributed by atoms with Crippen LogP contribution in [-0.2, 0) is 0 Å². The molecule has 50 valence electrons. The zero-order valence-corrected chi connectivity index (χ0v) is 6.74. The van der Waals surface area contributed by atoms with Gasteiger partial charge in [-0.25, -0.2) is 0 Å². The fraction of sp³-hybridized carbons (Fsp3) is 0.111. The summed E-state index contributed by atoms with van der Waals surface area (Å²) in [5.74, 6) is 6.98. The number of thioether (sulfide) groups is 1. The maximum absolute atomic E-state index is 5.60. The molecule has 0 spiro atoms.